The van der Waals surface area contributed by atoms with E-state index in [1.54, 1.807) is 26.8 Å². The molecule has 53 heavy (non-hydrogen) atoms. The summed E-state index contributed by atoms with van der Waals surface area (Å²) in [5.74, 6) is -7.31. The summed E-state index contributed by atoms with van der Waals surface area (Å²) >= 11 is 0. The van der Waals surface area contributed by atoms with Crippen LogP contribution in [0.4, 0.5) is 22.8 Å². The van der Waals surface area contributed by atoms with E-state index in [0.29, 0.717) is 24.0 Å². The zero-order chi connectivity index (χ0) is 38.5. The molecule has 6 rings (SSSR count). The number of sulfonamides is 1. The van der Waals surface area contributed by atoms with E-state index in [4.69, 9.17) is 9.47 Å². The van der Waals surface area contributed by atoms with Crippen LogP contribution in [0.2, 0.25) is 0 Å². The number of ether oxygens (including phenoxy) is 2. The van der Waals surface area contributed by atoms with Gasteiger partial charge in [0.15, 0.2) is 0 Å². The van der Waals surface area contributed by atoms with Crippen molar-refractivity contribution < 1.29 is 55.0 Å². The van der Waals surface area contributed by atoms with Gasteiger partial charge in [-0.3, -0.25) is 24.0 Å². The number of fused-ring (bicyclic) bond motifs is 3. The van der Waals surface area contributed by atoms with Crippen molar-refractivity contribution in [3.05, 3.63) is 47.3 Å². The molecular weight excluding hydrogens is 723 g/mol. The first-order valence-corrected chi connectivity index (χ1v) is 19.3. The van der Waals surface area contributed by atoms with Crippen LogP contribution in [-0.4, -0.2) is 95.2 Å². The molecule has 1 aromatic carbocycles. The van der Waals surface area contributed by atoms with Crippen LogP contribution in [-0.2, 0) is 47.0 Å². The van der Waals surface area contributed by atoms with E-state index in [1.165, 1.54) is 29.2 Å². The van der Waals surface area contributed by atoms with Gasteiger partial charge in [0, 0.05) is 37.3 Å². The minimum absolute atomic E-state index is 0.0361. The number of halogens is 3. The summed E-state index contributed by atoms with van der Waals surface area (Å²) in [4.78, 5) is 70.4. The fourth-order valence-corrected chi connectivity index (χ4v) is 8.38. The lowest BCUT2D eigenvalue weighted by Crippen LogP contribution is -2.58. The van der Waals surface area contributed by atoms with Crippen molar-refractivity contribution in [1.82, 2.24) is 25.2 Å². The van der Waals surface area contributed by atoms with E-state index in [-0.39, 0.29) is 38.9 Å². The lowest BCUT2D eigenvalue weighted by molar-refractivity contribution is -0.141. The highest BCUT2D eigenvalue weighted by Crippen LogP contribution is 2.46. The van der Waals surface area contributed by atoms with E-state index in [0.717, 1.165) is 4.90 Å². The minimum Gasteiger partial charge on any atom is -0.444 e. The molecule has 2 saturated carbocycles. The van der Waals surface area contributed by atoms with Crippen molar-refractivity contribution in [2.45, 2.75) is 126 Å². The number of benzene rings is 1. The summed E-state index contributed by atoms with van der Waals surface area (Å²) in [6.45, 7) is 4.31. The highest BCUT2D eigenvalue weighted by molar-refractivity contribution is 7.91. The fraction of sp³-hybridized carbons (Fsp3) is 0.629. The molecule has 5 aliphatic rings. The maximum Gasteiger partial charge on any atom is 0.410 e. The third-order valence-corrected chi connectivity index (χ3v) is 11.9. The minimum atomic E-state index is -4.03. The number of amides is 5. The molecule has 3 fully saturated rings. The highest BCUT2D eigenvalue weighted by Gasteiger charge is 2.62. The first-order valence-electron chi connectivity index (χ1n) is 17.7. The zero-order valence-corrected chi connectivity index (χ0v) is 30.5. The molecule has 3 heterocycles. The maximum absolute atomic E-state index is 15.2. The Kier molecular flexibility index (Phi) is 10.2. The number of rotatable bonds is 5. The smallest absolute Gasteiger partial charge is 0.410 e. The van der Waals surface area contributed by atoms with Gasteiger partial charge in [0.25, 0.3) is 5.91 Å². The number of nitrogens with zero attached hydrogens (tertiary/aromatic N) is 2. The molecule has 5 amide bonds. The van der Waals surface area contributed by atoms with Crippen LogP contribution in [0, 0.1) is 11.7 Å². The van der Waals surface area contributed by atoms with Crippen molar-refractivity contribution in [2.24, 2.45) is 5.92 Å². The first-order chi connectivity index (χ1) is 24.8. The molecule has 0 radical (unpaired) electrons. The van der Waals surface area contributed by atoms with Crippen LogP contribution in [0.25, 0.3) is 0 Å². The molecule has 0 spiro atoms. The summed E-state index contributed by atoms with van der Waals surface area (Å²) in [5, 5.41) is 4.27. The highest BCUT2D eigenvalue weighted by atomic mass is 32.2. The average molecular weight is 768 g/mol. The molecular formula is C35H44F3N5O9S. The van der Waals surface area contributed by atoms with E-state index < -0.39 is 111 Å². The third kappa shape index (κ3) is 8.73. The normalized spacial score (nSPS) is 28.7. The second-order valence-electron chi connectivity index (χ2n) is 15.5. The number of hydrogen-bond acceptors (Lipinski definition) is 9. The number of allylic oxidation sites excluding steroid dienone is 1. The Morgan fingerprint density at radius 1 is 1.06 bits per heavy atom. The van der Waals surface area contributed by atoms with Gasteiger partial charge in [-0.25, -0.2) is 31.2 Å². The van der Waals surface area contributed by atoms with Gasteiger partial charge in [-0.1, -0.05) is 24.3 Å². The Morgan fingerprint density at radius 2 is 1.79 bits per heavy atom. The third-order valence-electron chi connectivity index (χ3n) is 10.1. The van der Waals surface area contributed by atoms with Crippen LogP contribution in [0.3, 0.4) is 0 Å². The van der Waals surface area contributed by atoms with E-state index >= 15 is 8.78 Å². The standard InChI is InChI=1S/C35H44F3N5O9S/c1-33(2,3)52-31(47)39-26-12-14-34(37,38)13-5-4-8-21-16-35(21,30(46)41-53(49,50)23-10-11-23)40-28(44)27-15-22(18-43(27)29(26)45)51-32(48)42-17-20-7-6-9-25(36)24(20)19-42/h4,6-9,21-23,26-27H,5,10-19H2,1-3H3,(H,39,47)(H,40,44)(H,41,46)/t21-,22-,26+,27+,35-/m1/s1. The molecule has 2 aliphatic carbocycles. The van der Waals surface area contributed by atoms with Crippen molar-refractivity contribution in [3.8, 4) is 0 Å². The number of nitrogens with one attached hydrogen (secondary N) is 3. The Hall–Kier alpha value is -4.35. The van der Waals surface area contributed by atoms with E-state index in [2.05, 4.69) is 15.4 Å². The second-order valence-corrected chi connectivity index (χ2v) is 17.4. The zero-order valence-electron chi connectivity index (χ0n) is 29.7. The summed E-state index contributed by atoms with van der Waals surface area (Å²) < 4.78 is 83.2. The molecule has 1 saturated heterocycles. The number of hydrogen-bond donors (Lipinski definition) is 3. The van der Waals surface area contributed by atoms with Crippen molar-refractivity contribution in [2.75, 3.05) is 6.54 Å². The van der Waals surface area contributed by atoms with E-state index in [1.807, 2.05) is 0 Å². The van der Waals surface area contributed by atoms with Crippen LogP contribution >= 0.6 is 0 Å². The molecule has 0 aromatic heterocycles. The second kappa shape index (κ2) is 14.1. The molecule has 14 nitrogen and oxygen atoms in total. The Bertz CT molecular complexity index is 1820. The van der Waals surface area contributed by atoms with Gasteiger partial charge in [0.2, 0.25) is 27.8 Å². The van der Waals surface area contributed by atoms with Crippen molar-refractivity contribution in [3.63, 3.8) is 0 Å². The first kappa shape index (κ1) is 38.4. The van der Waals surface area contributed by atoms with Crippen molar-refractivity contribution in [1.29, 1.82) is 0 Å². The van der Waals surface area contributed by atoms with Crippen LogP contribution in [0.5, 0.6) is 0 Å². The number of alkyl halides is 2. The molecule has 0 unspecified atom stereocenters. The summed E-state index contributed by atoms with van der Waals surface area (Å²) in [6.07, 6.45) is -1.76. The predicted octanol–water partition coefficient (Wildman–Crippen LogP) is 3.39. The van der Waals surface area contributed by atoms with Gasteiger partial charge >= 0.3 is 12.2 Å². The molecule has 18 heteroatoms. The van der Waals surface area contributed by atoms with Crippen molar-refractivity contribution >= 4 is 39.9 Å². The van der Waals surface area contributed by atoms with Crippen LogP contribution in [0.1, 0.15) is 83.3 Å². The summed E-state index contributed by atoms with van der Waals surface area (Å²) in [7, 11) is -4.03. The Morgan fingerprint density at radius 3 is 2.47 bits per heavy atom. The van der Waals surface area contributed by atoms with Crippen LogP contribution < -0.4 is 15.4 Å². The predicted molar refractivity (Wildman–Crippen MR) is 181 cm³/mol. The number of alkyl carbamates (subject to hydrolysis) is 1. The molecule has 1 aromatic rings. The largest absolute Gasteiger partial charge is 0.444 e. The maximum atomic E-state index is 15.2. The Balaban J connectivity index is 1.28. The van der Waals surface area contributed by atoms with E-state index in [9.17, 15) is 36.8 Å². The molecule has 3 N–H and O–H groups in total. The SMILES string of the molecule is CC(C)(C)OC(=O)N[C@H]1CCC(F)(F)CCC=C[C@@H]2C[C@@]2(C(=O)NS(=O)(=O)C2CC2)NC(=O)[C@@H]2C[C@@H](OC(=O)N3Cc4cccc(F)c4C3)CN2C1=O. The Labute approximate surface area is 305 Å². The quantitative estimate of drug-likeness (QED) is 0.379. The topological polar surface area (TPSA) is 181 Å². The van der Waals surface area contributed by atoms with Gasteiger partial charge in [-0.15, -0.1) is 0 Å². The van der Waals surface area contributed by atoms with Gasteiger partial charge in [0.1, 0.15) is 35.1 Å². The number of carbonyl (C=O) groups is 5. The fourth-order valence-electron chi connectivity index (χ4n) is 7.01. The molecule has 5 atom stereocenters. The van der Waals surface area contributed by atoms with Gasteiger partial charge in [0.05, 0.1) is 18.3 Å². The summed E-state index contributed by atoms with van der Waals surface area (Å²) in [6, 6.07) is 1.43. The molecule has 3 aliphatic heterocycles. The van der Waals surface area contributed by atoms with Gasteiger partial charge in [-0.05, 0) is 64.5 Å². The monoisotopic (exact) mass is 767 g/mol. The number of carbonyl (C=O) groups excluding carboxylic acids is 5. The molecule has 0 bridgehead atoms. The van der Waals surface area contributed by atoms with Gasteiger partial charge < -0.3 is 25.0 Å². The molecule has 290 valence electrons. The van der Waals surface area contributed by atoms with Gasteiger partial charge in [-0.2, -0.15) is 0 Å². The lowest BCUT2D eigenvalue weighted by Gasteiger charge is -2.31. The summed E-state index contributed by atoms with van der Waals surface area (Å²) in [5.41, 5.74) is -1.85. The average Bonchev–Trinajstić information content (AvgIpc) is 3.94. The lowest BCUT2D eigenvalue weighted by atomic mass is 10.0. The van der Waals surface area contributed by atoms with Crippen LogP contribution in [0.15, 0.2) is 30.4 Å².